The fourth-order valence-corrected chi connectivity index (χ4v) is 1.20. The molecule has 19 heavy (non-hydrogen) atoms. The Labute approximate surface area is 111 Å². The van der Waals surface area contributed by atoms with Gasteiger partial charge in [-0.3, -0.25) is 0 Å². The zero-order chi connectivity index (χ0) is 14.6. The molecule has 0 unspecified atom stereocenters. The Hall–Kier alpha value is -2.15. The van der Waals surface area contributed by atoms with Gasteiger partial charge in [-0.25, -0.2) is 20.4 Å². The molecule has 0 aliphatic heterocycles. The largest absolute Gasteiger partial charge is 0.465 e. The van der Waals surface area contributed by atoms with E-state index in [0.29, 0.717) is 0 Å². The van der Waals surface area contributed by atoms with E-state index in [4.69, 9.17) is 10.6 Å². The van der Waals surface area contributed by atoms with Crippen molar-refractivity contribution in [2.24, 2.45) is 5.84 Å². The summed E-state index contributed by atoms with van der Waals surface area (Å²) in [6.07, 6.45) is 0.591. The number of hydrogen-bond acceptors (Lipinski definition) is 6. The van der Waals surface area contributed by atoms with Crippen molar-refractivity contribution in [3.8, 4) is 0 Å². The number of methoxy groups -OCH3 is 1. The molecular weight excluding hydrogens is 250 g/mol. The lowest BCUT2D eigenvalue weighted by Gasteiger charge is -2.23. The summed E-state index contributed by atoms with van der Waals surface area (Å²) in [4.78, 5) is 27.0. The van der Waals surface area contributed by atoms with Crippen molar-refractivity contribution in [3.63, 3.8) is 0 Å². The molecule has 1 aromatic rings. The minimum Gasteiger partial charge on any atom is -0.465 e. The summed E-state index contributed by atoms with van der Waals surface area (Å²) in [5.41, 5.74) is -0.430. The van der Waals surface area contributed by atoms with Gasteiger partial charge in [0.25, 0.3) is 0 Å². The third-order valence-electron chi connectivity index (χ3n) is 2.00. The molecule has 0 spiro atoms. The Morgan fingerprint density at radius 2 is 2.00 bits per heavy atom. The molecule has 1 amide bonds. The lowest BCUT2D eigenvalue weighted by Crippen LogP contribution is -2.42. The Balaban J connectivity index is 2.91. The summed E-state index contributed by atoms with van der Waals surface area (Å²) in [6.45, 7) is 5.16. The lowest BCUT2D eigenvalue weighted by atomic mass is 10.2. The standard InChI is InChI=1S/C12H17N3O4/c1-12(2,3)19-11(17)15(13)9-7-8(5-6-14-9)10(16)18-4/h5-7H,13H2,1-4H3. The van der Waals surface area contributed by atoms with Gasteiger partial charge in [-0.2, -0.15) is 5.01 Å². The van der Waals surface area contributed by atoms with Gasteiger partial charge in [0, 0.05) is 6.20 Å². The summed E-state index contributed by atoms with van der Waals surface area (Å²) < 4.78 is 9.66. The Bertz CT molecular complexity index is 482. The molecule has 104 valence electrons. The van der Waals surface area contributed by atoms with Crippen LogP contribution in [-0.4, -0.2) is 29.8 Å². The lowest BCUT2D eigenvalue weighted by molar-refractivity contribution is 0.0571. The van der Waals surface area contributed by atoms with Gasteiger partial charge in [-0.05, 0) is 32.9 Å². The van der Waals surface area contributed by atoms with Crippen molar-refractivity contribution in [1.29, 1.82) is 0 Å². The topological polar surface area (TPSA) is 94.8 Å². The van der Waals surface area contributed by atoms with E-state index < -0.39 is 17.7 Å². The molecule has 0 saturated heterocycles. The number of ether oxygens (including phenoxy) is 2. The number of amides is 1. The maximum absolute atomic E-state index is 11.7. The van der Waals surface area contributed by atoms with Crippen LogP contribution in [0.3, 0.4) is 0 Å². The van der Waals surface area contributed by atoms with E-state index in [1.165, 1.54) is 25.4 Å². The van der Waals surface area contributed by atoms with Gasteiger partial charge < -0.3 is 9.47 Å². The molecule has 0 aliphatic rings. The Morgan fingerprint density at radius 1 is 1.37 bits per heavy atom. The van der Waals surface area contributed by atoms with E-state index in [2.05, 4.69) is 9.72 Å². The number of esters is 1. The summed E-state index contributed by atoms with van der Waals surface area (Å²) in [5, 5.41) is 0.734. The second-order valence-corrected chi connectivity index (χ2v) is 4.74. The maximum atomic E-state index is 11.7. The highest BCUT2D eigenvalue weighted by atomic mass is 16.6. The predicted octanol–water partition coefficient (Wildman–Crippen LogP) is 1.48. The van der Waals surface area contributed by atoms with E-state index in [9.17, 15) is 9.59 Å². The third-order valence-corrected chi connectivity index (χ3v) is 2.00. The van der Waals surface area contributed by atoms with E-state index >= 15 is 0 Å². The van der Waals surface area contributed by atoms with Gasteiger partial charge in [0.15, 0.2) is 5.82 Å². The van der Waals surface area contributed by atoms with Crippen molar-refractivity contribution >= 4 is 17.9 Å². The molecule has 0 bridgehead atoms. The number of nitrogens with zero attached hydrogens (tertiary/aromatic N) is 2. The van der Waals surface area contributed by atoms with Gasteiger partial charge in [-0.15, -0.1) is 0 Å². The van der Waals surface area contributed by atoms with Crippen LogP contribution in [0.2, 0.25) is 0 Å². The molecule has 7 nitrogen and oxygen atoms in total. The van der Waals surface area contributed by atoms with Crippen LogP contribution in [-0.2, 0) is 9.47 Å². The average Bonchev–Trinajstić information content (AvgIpc) is 2.35. The Kier molecular flexibility index (Phi) is 4.44. The number of pyridine rings is 1. The second-order valence-electron chi connectivity index (χ2n) is 4.74. The zero-order valence-corrected chi connectivity index (χ0v) is 11.3. The van der Waals surface area contributed by atoms with Gasteiger partial charge in [0.05, 0.1) is 12.7 Å². The summed E-state index contributed by atoms with van der Waals surface area (Å²) >= 11 is 0. The number of carbonyl (C=O) groups excluding carboxylic acids is 2. The molecular formula is C12H17N3O4. The molecule has 0 aliphatic carbocycles. The second kappa shape index (κ2) is 5.66. The highest BCUT2D eigenvalue weighted by Crippen LogP contribution is 2.14. The summed E-state index contributed by atoms with van der Waals surface area (Å²) in [6, 6.07) is 2.80. The molecule has 1 heterocycles. The van der Waals surface area contributed by atoms with E-state index in [0.717, 1.165) is 5.01 Å². The molecule has 0 radical (unpaired) electrons. The molecule has 0 saturated carbocycles. The van der Waals surface area contributed by atoms with Crippen LogP contribution in [0.1, 0.15) is 31.1 Å². The quantitative estimate of drug-likeness (QED) is 0.377. The fraction of sp³-hybridized carbons (Fsp3) is 0.417. The maximum Gasteiger partial charge on any atom is 0.430 e. The van der Waals surface area contributed by atoms with Crippen LogP contribution in [0, 0.1) is 0 Å². The first-order chi connectivity index (χ1) is 8.74. The van der Waals surface area contributed by atoms with Crippen molar-refractivity contribution in [3.05, 3.63) is 23.9 Å². The van der Waals surface area contributed by atoms with Crippen LogP contribution in [0.4, 0.5) is 10.6 Å². The van der Waals surface area contributed by atoms with E-state index in [-0.39, 0.29) is 11.4 Å². The number of nitrogens with two attached hydrogens (primary N) is 1. The number of anilines is 1. The normalized spacial score (nSPS) is 10.8. The van der Waals surface area contributed by atoms with E-state index in [1.54, 1.807) is 20.8 Å². The number of aromatic nitrogens is 1. The van der Waals surface area contributed by atoms with Crippen LogP contribution in [0.15, 0.2) is 18.3 Å². The number of hydrazine groups is 1. The van der Waals surface area contributed by atoms with Crippen LogP contribution >= 0.6 is 0 Å². The first kappa shape index (κ1) is 14.9. The van der Waals surface area contributed by atoms with Crippen molar-refractivity contribution < 1.29 is 19.1 Å². The third kappa shape index (κ3) is 4.22. The molecule has 0 atom stereocenters. The molecule has 2 N–H and O–H groups in total. The molecule has 1 rings (SSSR count). The SMILES string of the molecule is COC(=O)c1ccnc(N(N)C(=O)OC(C)(C)C)c1. The van der Waals surface area contributed by atoms with Crippen LogP contribution < -0.4 is 10.9 Å². The number of hydrogen-bond donors (Lipinski definition) is 1. The average molecular weight is 267 g/mol. The highest BCUT2D eigenvalue weighted by Gasteiger charge is 2.22. The molecule has 0 fully saturated rings. The van der Waals surface area contributed by atoms with Gasteiger partial charge in [0.1, 0.15) is 5.60 Å². The fourth-order valence-electron chi connectivity index (χ4n) is 1.20. The molecule has 1 aromatic heterocycles. The smallest absolute Gasteiger partial charge is 0.430 e. The molecule has 0 aromatic carbocycles. The van der Waals surface area contributed by atoms with Gasteiger partial charge >= 0.3 is 12.1 Å². The van der Waals surface area contributed by atoms with Crippen LogP contribution in [0.25, 0.3) is 0 Å². The van der Waals surface area contributed by atoms with Crippen molar-refractivity contribution in [2.45, 2.75) is 26.4 Å². The number of rotatable bonds is 2. The minimum atomic E-state index is -0.762. The summed E-state index contributed by atoms with van der Waals surface area (Å²) in [7, 11) is 1.26. The minimum absolute atomic E-state index is 0.0946. The van der Waals surface area contributed by atoms with Gasteiger partial charge in [-0.1, -0.05) is 0 Å². The zero-order valence-electron chi connectivity index (χ0n) is 11.3. The summed E-state index contributed by atoms with van der Waals surface area (Å²) in [5.74, 6) is 5.15. The molecule has 7 heteroatoms. The predicted molar refractivity (Wildman–Crippen MR) is 68.5 cm³/mol. The number of carbonyl (C=O) groups is 2. The Morgan fingerprint density at radius 3 is 2.53 bits per heavy atom. The van der Waals surface area contributed by atoms with Gasteiger partial charge in [0.2, 0.25) is 0 Å². The van der Waals surface area contributed by atoms with Crippen molar-refractivity contribution in [2.75, 3.05) is 12.1 Å². The monoisotopic (exact) mass is 267 g/mol. The first-order valence-electron chi connectivity index (χ1n) is 5.57. The van der Waals surface area contributed by atoms with Crippen LogP contribution in [0.5, 0.6) is 0 Å². The van der Waals surface area contributed by atoms with Crippen molar-refractivity contribution in [1.82, 2.24) is 4.98 Å². The first-order valence-corrected chi connectivity index (χ1v) is 5.57. The van der Waals surface area contributed by atoms with E-state index in [1.807, 2.05) is 0 Å². The highest BCUT2D eigenvalue weighted by molar-refractivity contribution is 5.92.